The van der Waals surface area contributed by atoms with E-state index in [4.69, 9.17) is 26.4 Å². The number of carbonyl (C=O) groups excluding carboxylic acids is 1. The van der Waals surface area contributed by atoms with Crippen molar-refractivity contribution in [2.45, 2.75) is 39.2 Å². The predicted octanol–water partition coefficient (Wildman–Crippen LogP) is 5.18. The predicted molar refractivity (Wildman–Crippen MR) is 128 cm³/mol. The molecule has 4 rings (SSSR count). The van der Waals surface area contributed by atoms with Crippen LogP contribution in [0.15, 0.2) is 47.4 Å². The maximum Gasteiger partial charge on any atom is 0.266 e. The average Bonchev–Trinajstić information content (AvgIpc) is 3.35. The molecule has 1 N–H and O–H groups in total. The number of thiocarbonyl (C=S) groups is 1. The van der Waals surface area contributed by atoms with Crippen molar-refractivity contribution >= 4 is 34.2 Å². The second-order valence-corrected chi connectivity index (χ2v) is 9.17. The Morgan fingerprint density at radius 3 is 2.81 bits per heavy atom. The molecular weight excluding hydrogens is 446 g/mol. The van der Waals surface area contributed by atoms with Crippen LogP contribution >= 0.6 is 24.0 Å². The highest BCUT2D eigenvalue weighted by Gasteiger charge is 2.32. The van der Waals surface area contributed by atoms with Crippen LogP contribution in [0.25, 0.3) is 0 Å². The first-order chi connectivity index (χ1) is 15.5. The third-order valence-corrected chi connectivity index (χ3v) is 6.65. The summed E-state index contributed by atoms with van der Waals surface area (Å²) >= 11 is 6.80. The van der Waals surface area contributed by atoms with Gasteiger partial charge < -0.3 is 19.3 Å². The number of ether oxygens (including phenoxy) is 3. The normalized spacial score (nSPS) is 16.3. The molecule has 0 aliphatic carbocycles. The van der Waals surface area contributed by atoms with Gasteiger partial charge in [0, 0.05) is 0 Å². The van der Waals surface area contributed by atoms with E-state index in [1.807, 2.05) is 43.3 Å². The number of aromatic hydroxyl groups is 1. The average molecular weight is 472 g/mol. The topological polar surface area (TPSA) is 68.2 Å². The number of thioether (sulfide) groups is 1. The Hall–Kier alpha value is -2.71. The monoisotopic (exact) mass is 471 g/mol. The standard InChI is InChI=1S/C24H25NO5S2/c1-2-28-20-12-16(8-10-18(20)26)6-4-3-5-7-22-23(27)25(24(31)32-22)14-17-9-11-19-21(13-17)30-15-29-19/h7-13,26H,2-6,14-15H2,1H3/b22-7-. The Kier molecular flexibility index (Phi) is 7.22. The maximum atomic E-state index is 12.8. The molecule has 1 amide bonds. The Balaban J connectivity index is 1.27. The number of nitrogens with zero attached hydrogens (tertiary/aromatic N) is 1. The van der Waals surface area contributed by atoms with Crippen LogP contribution in [-0.2, 0) is 17.8 Å². The first kappa shape index (κ1) is 22.5. The van der Waals surface area contributed by atoms with E-state index in [2.05, 4.69) is 0 Å². The van der Waals surface area contributed by atoms with Gasteiger partial charge in [0.2, 0.25) is 6.79 Å². The molecule has 2 aromatic carbocycles. The number of unbranched alkanes of at least 4 members (excludes halogenated alkanes) is 2. The largest absolute Gasteiger partial charge is 0.504 e. The number of benzene rings is 2. The van der Waals surface area contributed by atoms with Gasteiger partial charge in [-0.15, -0.1) is 0 Å². The Morgan fingerprint density at radius 2 is 1.97 bits per heavy atom. The van der Waals surface area contributed by atoms with E-state index in [-0.39, 0.29) is 18.4 Å². The van der Waals surface area contributed by atoms with E-state index in [1.165, 1.54) is 11.8 Å². The smallest absolute Gasteiger partial charge is 0.266 e. The van der Waals surface area contributed by atoms with Crippen LogP contribution in [0.3, 0.4) is 0 Å². The number of phenolic OH excluding ortho intramolecular Hbond substituents is 1. The lowest BCUT2D eigenvalue weighted by atomic mass is 10.1. The molecule has 0 aromatic heterocycles. The maximum absolute atomic E-state index is 12.8. The van der Waals surface area contributed by atoms with Gasteiger partial charge in [0.15, 0.2) is 23.0 Å². The number of rotatable bonds is 9. The van der Waals surface area contributed by atoms with Crippen LogP contribution in [0.1, 0.15) is 37.3 Å². The van der Waals surface area contributed by atoms with Crippen LogP contribution < -0.4 is 14.2 Å². The summed E-state index contributed by atoms with van der Waals surface area (Å²) in [6, 6.07) is 11.2. The Labute approximate surface area is 197 Å². The zero-order valence-corrected chi connectivity index (χ0v) is 19.5. The van der Waals surface area contributed by atoms with Crippen molar-refractivity contribution in [3.8, 4) is 23.0 Å². The first-order valence-corrected chi connectivity index (χ1v) is 11.8. The number of hydrogen-bond acceptors (Lipinski definition) is 7. The number of allylic oxidation sites excluding steroid dienone is 1. The van der Waals surface area contributed by atoms with Gasteiger partial charge in [0.25, 0.3) is 5.91 Å². The molecule has 2 aliphatic rings. The second kappa shape index (κ2) is 10.3. The van der Waals surface area contributed by atoms with Gasteiger partial charge in [-0.1, -0.05) is 42.2 Å². The fraction of sp³-hybridized carbons (Fsp3) is 0.333. The number of carbonyl (C=O) groups is 1. The molecule has 0 saturated carbocycles. The minimum atomic E-state index is -0.0439. The summed E-state index contributed by atoms with van der Waals surface area (Å²) in [7, 11) is 0. The molecule has 2 heterocycles. The first-order valence-electron chi connectivity index (χ1n) is 10.6. The lowest BCUT2D eigenvalue weighted by molar-refractivity contribution is -0.122. The number of amides is 1. The van der Waals surface area contributed by atoms with Crippen molar-refractivity contribution in [1.29, 1.82) is 0 Å². The summed E-state index contributed by atoms with van der Waals surface area (Å²) in [5.41, 5.74) is 2.08. The summed E-state index contributed by atoms with van der Waals surface area (Å²) < 4.78 is 16.8. The summed E-state index contributed by atoms with van der Waals surface area (Å²) in [4.78, 5) is 15.2. The van der Waals surface area contributed by atoms with E-state index in [0.717, 1.165) is 42.6 Å². The molecule has 0 unspecified atom stereocenters. The third kappa shape index (κ3) is 5.19. The van der Waals surface area contributed by atoms with E-state index in [9.17, 15) is 9.90 Å². The Morgan fingerprint density at radius 1 is 1.16 bits per heavy atom. The molecule has 2 aliphatic heterocycles. The molecule has 0 atom stereocenters. The van der Waals surface area contributed by atoms with Gasteiger partial charge in [-0.3, -0.25) is 9.69 Å². The molecule has 8 heteroatoms. The van der Waals surface area contributed by atoms with Crippen molar-refractivity contribution in [1.82, 2.24) is 4.90 Å². The SMILES string of the molecule is CCOc1cc(CCCC/C=C2\SC(=S)N(Cc3ccc4c(c3)OCO4)C2=O)ccc1O. The zero-order valence-electron chi connectivity index (χ0n) is 17.8. The van der Waals surface area contributed by atoms with Crippen LogP contribution in [-0.4, -0.2) is 33.6 Å². The van der Waals surface area contributed by atoms with Crippen LogP contribution in [0, 0.1) is 0 Å². The van der Waals surface area contributed by atoms with Gasteiger partial charge >= 0.3 is 0 Å². The van der Waals surface area contributed by atoms with Gasteiger partial charge in [-0.25, -0.2) is 0 Å². The van der Waals surface area contributed by atoms with Crippen LogP contribution in [0.5, 0.6) is 23.0 Å². The fourth-order valence-electron chi connectivity index (χ4n) is 3.59. The van der Waals surface area contributed by atoms with E-state index in [1.54, 1.807) is 11.0 Å². The van der Waals surface area contributed by atoms with Gasteiger partial charge in [0.1, 0.15) is 4.32 Å². The molecule has 6 nitrogen and oxygen atoms in total. The number of aryl methyl sites for hydroxylation is 1. The summed E-state index contributed by atoms with van der Waals surface area (Å²) in [5.74, 6) is 2.07. The Bertz CT molecular complexity index is 1050. The minimum absolute atomic E-state index is 0.0439. The number of phenols is 1. The number of hydrogen-bond donors (Lipinski definition) is 1. The minimum Gasteiger partial charge on any atom is -0.504 e. The van der Waals surface area contributed by atoms with Crippen LogP contribution in [0.2, 0.25) is 0 Å². The summed E-state index contributed by atoms with van der Waals surface area (Å²) in [6.07, 6.45) is 5.62. The number of fused-ring (bicyclic) bond motifs is 1. The third-order valence-electron chi connectivity index (χ3n) is 5.22. The summed E-state index contributed by atoms with van der Waals surface area (Å²) in [5, 5.41) is 9.81. The molecule has 32 heavy (non-hydrogen) atoms. The van der Waals surface area contributed by atoms with Crippen LogP contribution in [0.4, 0.5) is 0 Å². The highest BCUT2D eigenvalue weighted by atomic mass is 32.2. The molecule has 0 bridgehead atoms. The van der Waals surface area contributed by atoms with Gasteiger partial charge in [-0.2, -0.15) is 0 Å². The fourth-order valence-corrected chi connectivity index (χ4v) is 4.85. The van der Waals surface area contributed by atoms with Gasteiger partial charge in [-0.05, 0) is 68.0 Å². The highest BCUT2D eigenvalue weighted by Crippen LogP contribution is 2.36. The van der Waals surface area contributed by atoms with Crippen molar-refractivity contribution in [2.24, 2.45) is 0 Å². The molecule has 1 fully saturated rings. The zero-order chi connectivity index (χ0) is 22.5. The van der Waals surface area contributed by atoms with Crippen molar-refractivity contribution in [3.63, 3.8) is 0 Å². The van der Waals surface area contributed by atoms with Crippen molar-refractivity contribution in [3.05, 3.63) is 58.5 Å². The van der Waals surface area contributed by atoms with Gasteiger partial charge in [0.05, 0.1) is 18.1 Å². The second-order valence-electron chi connectivity index (χ2n) is 7.50. The van der Waals surface area contributed by atoms with E-state index < -0.39 is 0 Å². The van der Waals surface area contributed by atoms with Crippen molar-refractivity contribution in [2.75, 3.05) is 13.4 Å². The molecule has 0 radical (unpaired) electrons. The van der Waals surface area contributed by atoms with E-state index >= 15 is 0 Å². The molecule has 0 spiro atoms. The molecule has 168 valence electrons. The quantitative estimate of drug-likeness (QED) is 0.307. The lowest BCUT2D eigenvalue weighted by Gasteiger charge is -2.14. The molecule has 1 saturated heterocycles. The summed E-state index contributed by atoms with van der Waals surface area (Å²) in [6.45, 7) is 3.05. The molecule has 2 aromatic rings. The highest BCUT2D eigenvalue weighted by molar-refractivity contribution is 8.26. The van der Waals surface area contributed by atoms with E-state index in [0.29, 0.717) is 33.9 Å². The lowest BCUT2D eigenvalue weighted by Crippen LogP contribution is -2.27. The molecular formula is C24H25NO5S2. The van der Waals surface area contributed by atoms with Crippen molar-refractivity contribution < 1.29 is 24.1 Å².